The third kappa shape index (κ3) is 4.15. The van der Waals surface area contributed by atoms with Crippen LogP contribution in [0.3, 0.4) is 0 Å². The molecular formula is C15H30N2O2. The van der Waals surface area contributed by atoms with Crippen molar-refractivity contribution < 1.29 is 9.84 Å². The molecule has 2 aliphatic rings. The van der Waals surface area contributed by atoms with Gasteiger partial charge in [-0.25, -0.2) is 0 Å². The van der Waals surface area contributed by atoms with Gasteiger partial charge >= 0.3 is 0 Å². The fourth-order valence-corrected chi connectivity index (χ4v) is 3.67. The molecule has 2 rings (SSSR count). The molecule has 3 atom stereocenters. The standard InChI is InChI=1S/C15H30N2O2/c1-17(10-13-4-3-9-19-11-13)8-6-14-5-2-7-15(14,18)12-16/h13-14,18H,2-12,16H2,1H3. The normalized spacial score (nSPS) is 36.0. The second-order valence-electron chi connectivity index (χ2n) is 6.53. The summed E-state index contributed by atoms with van der Waals surface area (Å²) in [6.07, 6.45) is 6.70. The summed E-state index contributed by atoms with van der Waals surface area (Å²) in [5.41, 5.74) is 5.15. The van der Waals surface area contributed by atoms with Gasteiger partial charge in [0.2, 0.25) is 0 Å². The molecule has 1 aliphatic carbocycles. The summed E-state index contributed by atoms with van der Waals surface area (Å²) in [6, 6.07) is 0. The van der Waals surface area contributed by atoms with Crippen molar-refractivity contribution in [3.63, 3.8) is 0 Å². The Kier molecular flexibility index (Phi) is 5.63. The quantitative estimate of drug-likeness (QED) is 0.762. The van der Waals surface area contributed by atoms with Gasteiger partial charge in [0.05, 0.1) is 12.2 Å². The molecule has 3 unspecified atom stereocenters. The van der Waals surface area contributed by atoms with E-state index in [2.05, 4.69) is 11.9 Å². The molecule has 1 heterocycles. The summed E-state index contributed by atoms with van der Waals surface area (Å²) in [5, 5.41) is 10.4. The Labute approximate surface area is 117 Å². The number of aliphatic hydroxyl groups is 1. The molecule has 19 heavy (non-hydrogen) atoms. The average molecular weight is 270 g/mol. The van der Waals surface area contributed by atoms with E-state index in [1.165, 1.54) is 12.8 Å². The summed E-state index contributed by atoms with van der Waals surface area (Å²) < 4.78 is 5.53. The fraction of sp³-hybridized carbons (Fsp3) is 1.00. The molecular weight excluding hydrogens is 240 g/mol. The van der Waals surface area contributed by atoms with Crippen LogP contribution in [0.1, 0.15) is 38.5 Å². The maximum absolute atomic E-state index is 10.4. The van der Waals surface area contributed by atoms with Crippen molar-refractivity contribution in [3.05, 3.63) is 0 Å². The first-order valence-corrected chi connectivity index (χ1v) is 7.83. The zero-order chi connectivity index (χ0) is 13.7. The van der Waals surface area contributed by atoms with Crippen LogP contribution in [0.25, 0.3) is 0 Å². The first-order chi connectivity index (χ1) is 9.14. The highest BCUT2D eigenvalue weighted by atomic mass is 16.5. The van der Waals surface area contributed by atoms with Gasteiger partial charge in [-0.15, -0.1) is 0 Å². The van der Waals surface area contributed by atoms with Gasteiger partial charge in [0, 0.05) is 19.7 Å². The third-order valence-electron chi connectivity index (χ3n) is 4.96. The molecule has 2 fully saturated rings. The molecule has 4 nitrogen and oxygen atoms in total. The van der Waals surface area contributed by atoms with E-state index < -0.39 is 5.60 Å². The first kappa shape index (κ1) is 15.2. The zero-order valence-electron chi connectivity index (χ0n) is 12.3. The molecule has 112 valence electrons. The highest BCUT2D eigenvalue weighted by Gasteiger charge is 2.39. The van der Waals surface area contributed by atoms with E-state index in [0.29, 0.717) is 18.4 Å². The lowest BCUT2D eigenvalue weighted by Gasteiger charge is -2.31. The predicted molar refractivity (Wildman–Crippen MR) is 77.0 cm³/mol. The fourth-order valence-electron chi connectivity index (χ4n) is 3.67. The number of hydrogen-bond acceptors (Lipinski definition) is 4. The number of nitrogens with two attached hydrogens (primary N) is 1. The van der Waals surface area contributed by atoms with E-state index in [9.17, 15) is 5.11 Å². The Morgan fingerprint density at radius 1 is 1.37 bits per heavy atom. The van der Waals surface area contributed by atoms with Crippen LogP contribution in [0.15, 0.2) is 0 Å². The Morgan fingerprint density at radius 2 is 2.21 bits per heavy atom. The Bertz CT molecular complexity index is 269. The van der Waals surface area contributed by atoms with Gasteiger partial charge in [-0.3, -0.25) is 0 Å². The lowest BCUT2D eigenvalue weighted by atomic mass is 9.88. The van der Waals surface area contributed by atoms with Crippen molar-refractivity contribution >= 4 is 0 Å². The summed E-state index contributed by atoms with van der Waals surface area (Å²) in [5.74, 6) is 1.08. The van der Waals surface area contributed by atoms with Gasteiger partial charge in [0.25, 0.3) is 0 Å². The zero-order valence-corrected chi connectivity index (χ0v) is 12.3. The van der Waals surface area contributed by atoms with Crippen molar-refractivity contribution in [3.8, 4) is 0 Å². The highest BCUT2D eigenvalue weighted by molar-refractivity contribution is 4.93. The van der Waals surface area contributed by atoms with E-state index in [0.717, 1.165) is 52.0 Å². The Balaban J connectivity index is 1.69. The Hall–Kier alpha value is -0.160. The molecule has 0 aromatic heterocycles. The minimum atomic E-state index is -0.589. The molecule has 0 aromatic rings. The van der Waals surface area contributed by atoms with Crippen LogP contribution in [-0.4, -0.2) is 55.5 Å². The minimum absolute atomic E-state index is 0.391. The second-order valence-corrected chi connectivity index (χ2v) is 6.53. The molecule has 4 heteroatoms. The average Bonchev–Trinajstić information content (AvgIpc) is 2.80. The molecule has 1 saturated heterocycles. The van der Waals surface area contributed by atoms with E-state index >= 15 is 0 Å². The summed E-state index contributed by atoms with van der Waals surface area (Å²) in [6.45, 7) is 4.45. The van der Waals surface area contributed by atoms with Crippen molar-refractivity contribution in [1.82, 2.24) is 4.90 Å². The van der Waals surface area contributed by atoms with Gasteiger partial charge in [0.15, 0.2) is 0 Å². The molecule has 3 N–H and O–H groups in total. The smallest absolute Gasteiger partial charge is 0.0797 e. The number of hydrogen-bond donors (Lipinski definition) is 2. The largest absolute Gasteiger partial charge is 0.388 e. The summed E-state index contributed by atoms with van der Waals surface area (Å²) in [4.78, 5) is 2.40. The van der Waals surface area contributed by atoms with Crippen molar-refractivity contribution in [1.29, 1.82) is 0 Å². The molecule has 0 radical (unpaired) electrons. The van der Waals surface area contributed by atoms with Gasteiger partial charge in [0.1, 0.15) is 0 Å². The van der Waals surface area contributed by atoms with E-state index in [1.54, 1.807) is 0 Å². The molecule has 1 saturated carbocycles. The lowest BCUT2D eigenvalue weighted by molar-refractivity contribution is 0.00285. The van der Waals surface area contributed by atoms with Gasteiger partial charge in [-0.1, -0.05) is 6.42 Å². The first-order valence-electron chi connectivity index (χ1n) is 7.83. The third-order valence-corrected chi connectivity index (χ3v) is 4.96. The van der Waals surface area contributed by atoms with Crippen LogP contribution in [0.4, 0.5) is 0 Å². The number of ether oxygens (including phenoxy) is 1. The molecule has 0 aromatic carbocycles. The molecule has 0 bridgehead atoms. The van der Waals surface area contributed by atoms with E-state index in [-0.39, 0.29) is 0 Å². The number of nitrogens with zero attached hydrogens (tertiary/aromatic N) is 1. The van der Waals surface area contributed by atoms with E-state index in [1.807, 2.05) is 0 Å². The second kappa shape index (κ2) is 7.02. The SMILES string of the molecule is CN(CCC1CCCC1(O)CN)CC1CCCOC1. The lowest BCUT2D eigenvalue weighted by Crippen LogP contribution is -2.42. The van der Waals surface area contributed by atoms with Crippen molar-refractivity contribution in [2.75, 3.05) is 39.9 Å². The van der Waals surface area contributed by atoms with Crippen molar-refractivity contribution in [2.45, 2.75) is 44.1 Å². The summed E-state index contributed by atoms with van der Waals surface area (Å²) >= 11 is 0. The molecule has 0 spiro atoms. The van der Waals surface area contributed by atoms with Crippen LogP contribution in [0.5, 0.6) is 0 Å². The van der Waals surface area contributed by atoms with Crippen LogP contribution >= 0.6 is 0 Å². The van der Waals surface area contributed by atoms with Crippen molar-refractivity contribution in [2.24, 2.45) is 17.6 Å². The minimum Gasteiger partial charge on any atom is -0.388 e. The monoisotopic (exact) mass is 270 g/mol. The highest BCUT2D eigenvalue weighted by Crippen LogP contribution is 2.37. The van der Waals surface area contributed by atoms with Crippen LogP contribution in [0.2, 0.25) is 0 Å². The summed E-state index contributed by atoms with van der Waals surface area (Å²) in [7, 11) is 2.19. The van der Waals surface area contributed by atoms with Crippen LogP contribution < -0.4 is 5.73 Å². The topological polar surface area (TPSA) is 58.7 Å². The number of rotatable bonds is 6. The van der Waals surface area contributed by atoms with Crippen LogP contribution in [-0.2, 0) is 4.74 Å². The molecule has 1 aliphatic heterocycles. The predicted octanol–water partition coefficient (Wildman–Crippen LogP) is 1.22. The maximum atomic E-state index is 10.4. The molecule has 0 amide bonds. The van der Waals surface area contributed by atoms with Gasteiger partial charge < -0.3 is 20.5 Å². The maximum Gasteiger partial charge on any atom is 0.0797 e. The Morgan fingerprint density at radius 3 is 2.89 bits per heavy atom. The van der Waals surface area contributed by atoms with Gasteiger partial charge in [-0.05, 0) is 57.5 Å². The van der Waals surface area contributed by atoms with Crippen LogP contribution in [0, 0.1) is 11.8 Å². The van der Waals surface area contributed by atoms with Gasteiger partial charge in [-0.2, -0.15) is 0 Å². The van der Waals surface area contributed by atoms with E-state index in [4.69, 9.17) is 10.5 Å².